The smallest absolute Gasteiger partial charge is 0.331 e. The molecule has 0 amide bonds. The molecule has 31 heavy (non-hydrogen) atoms. The van der Waals surface area contributed by atoms with Gasteiger partial charge < -0.3 is 4.42 Å². The van der Waals surface area contributed by atoms with Gasteiger partial charge in [-0.1, -0.05) is 71.3 Å². The van der Waals surface area contributed by atoms with Crippen LogP contribution in [0.1, 0.15) is 17.0 Å². The SMILES string of the molecule is Cc1ccc(/C=C/c2nc3ccccc3c(=O)n2-c2nnc(-c3ccccc3)o2)cc1. The van der Waals surface area contributed by atoms with E-state index in [1.54, 1.807) is 18.2 Å². The molecule has 0 atom stereocenters. The zero-order chi connectivity index (χ0) is 21.2. The largest absolute Gasteiger partial charge is 0.403 e. The highest BCUT2D eigenvalue weighted by Crippen LogP contribution is 2.20. The third-order valence-corrected chi connectivity index (χ3v) is 4.93. The van der Waals surface area contributed by atoms with Crippen molar-refractivity contribution in [3.8, 4) is 17.5 Å². The zero-order valence-electron chi connectivity index (χ0n) is 16.8. The van der Waals surface area contributed by atoms with E-state index >= 15 is 0 Å². The first-order valence-corrected chi connectivity index (χ1v) is 9.85. The lowest BCUT2D eigenvalue weighted by molar-refractivity contribution is 0.530. The molecule has 0 fully saturated rings. The molecule has 0 aliphatic rings. The molecule has 5 rings (SSSR count). The molecule has 0 radical (unpaired) electrons. The Morgan fingerprint density at radius 1 is 0.839 bits per heavy atom. The Morgan fingerprint density at radius 3 is 2.39 bits per heavy atom. The minimum Gasteiger partial charge on any atom is -0.403 e. The van der Waals surface area contributed by atoms with Crippen molar-refractivity contribution in [2.45, 2.75) is 6.92 Å². The van der Waals surface area contributed by atoms with E-state index in [0.717, 1.165) is 11.1 Å². The van der Waals surface area contributed by atoms with Crippen molar-refractivity contribution in [3.05, 3.63) is 106 Å². The summed E-state index contributed by atoms with van der Waals surface area (Å²) in [5, 5.41) is 8.74. The Balaban J connectivity index is 1.66. The van der Waals surface area contributed by atoms with Crippen molar-refractivity contribution in [2.24, 2.45) is 0 Å². The second kappa shape index (κ2) is 7.84. The lowest BCUT2D eigenvalue weighted by Crippen LogP contribution is -2.22. The third kappa shape index (κ3) is 3.67. The highest BCUT2D eigenvalue weighted by molar-refractivity contribution is 5.79. The topological polar surface area (TPSA) is 73.8 Å². The molecule has 0 saturated carbocycles. The number of fused-ring (bicyclic) bond motifs is 1. The fraction of sp³-hybridized carbons (Fsp3) is 0.0400. The lowest BCUT2D eigenvalue weighted by Gasteiger charge is -2.07. The minimum atomic E-state index is -0.266. The zero-order valence-corrected chi connectivity index (χ0v) is 16.8. The molecule has 6 heteroatoms. The Hall–Kier alpha value is -4.32. The molecule has 0 aliphatic carbocycles. The van der Waals surface area contributed by atoms with Crippen molar-refractivity contribution in [3.63, 3.8) is 0 Å². The van der Waals surface area contributed by atoms with Crippen molar-refractivity contribution in [2.75, 3.05) is 0 Å². The Bertz CT molecular complexity index is 1450. The maximum absolute atomic E-state index is 13.3. The normalized spacial score (nSPS) is 11.4. The van der Waals surface area contributed by atoms with Crippen LogP contribution in [0.3, 0.4) is 0 Å². The third-order valence-electron chi connectivity index (χ3n) is 4.93. The fourth-order valence-corrected chi connectivity index (χ4v) is 3.30. The lowest BCUT2D eigenvalue weighted by atomic mass is 10.1. The number of para-hydroxylation sites is 1. The second-order valence-electron chi connectivity index (χ2n) is 7.13. The minimum absolute atomic E-state index is 0.0747. The van der Waals surface area contributed by atoms with Gasteiger partial charge in [-0.15, -0.1) is 5.10 Å². The van der Waals surface area contributed by atoms with E-state index in [0.29, 0.717) is 22.6 Å². The first-order valence-electron chi connectivity index (χ1n) is 9.85. The van der Waals surface area contributed by atoms with Crippen LogP contribution in [0.4, 0.5) is 0 Å². The number of hydrogen-bond acceptors (Lipinski definition) is 5. The maximum atomic E-state index is 13.3. The molecule has 0 saturated heterocycles. The van der Waals surface area contributed by atoms with Gasteiger partial charge in [0.25, 0.3) is 5.56 Å². The number of aromatic nitrogens is 4. The summed E-state index contributed by atoms with van der Waals surface area (Å²) >= 11 is 0. The molecule has 5 aromatic rings. The van der Waals surface area contributed by atoms with E-state index < -0.39 is 0 Å². The molecule has 0 bridgehead atoms. The Morgan fingerprint density at radius 2 is 1.58 bits per heavy atom. The van der Waals surface area contributed by atoms with E-state index in [4.69, 9.17) is 4.42 Å². The van der Waals surface area contributed by atoms with Gasteiger partial charge in [0, 0.05) is 5.56 Å². The predicted molar refractivity (Wildman–Crippen MR) is 121 cm³/mol. The van der Waals surface area contributed by atoms with Gasteiger partial charge >= 0.3 is 6.01 Å². The maximum Gasteiger partial charge on any atom is 0.331 e. The van der Waals surface area contributed by atoms with Crippen LogP contribution in [-0.2, 0) is 0 Å². The Kier molecular flexibility index (Phi) is 4.72. The average Bonchev–Trinajstić information content (AvgIpc) is 3.29. The molecule has 0 unspecified atom stereocenters. The van der Waals surface area contributed by atoms with E-state index in [1.165, 1.54) is 10.1 Å². The number of nitrogens with zero attached hydrogens (tertiary/aromatic N) is 4. The first-order chi connectivity index (χ1) is 15.2. The van der Waals surface area contributed by atoms with Crippen LogP contribution in [0.15, 0.2) is 88.1 Å². The standard InChI is InChI=1S/C25H18N4O2/c1-17-11-13-18(14-12-17)15-16-22-26-21-10-6-5-9-20(21)24(30)29(22)25-28-27-23(31-25)19-7-3-2-4-8-19/h2-16H,1H3/b16-15+. The molecule has 3 aromatic carbocycles. The van der Waals surface area contributed by atoms with Gasteiger partial charge in [0.1, 0.15) is 5.82 Å². The summed E-state index contributed by atoms with van der Waals surface area (Å²) in [6.45, 7) is 2.04. The second-order valence-corrected chi connectivity index (χ2v) is 7.13. The van der Waals surface area contributed by atoms with Crippen molar-refractivity contribution in [1.29, 1.82) is 0 Å². The number of aryl methyl sites for hydroxylation is 1. The highest BCUT2D eigenvalue weighted by Gasteiger charge is 2.17. The van der Waals surface area contributed by atoms with Crippen LogP contribution < -0.4 is 5.56 Å². The van der Waals surface area contributed by atoms with E-state index in [9.17, 15) is 4.79 Å². The summed E-state index contributed by atoms with van der Waals surface area (Å²) in [4.78, 5) is 18.0. The average molecular weight is 406 g/mol. The van der Waals surface area contributed by atoms with Crippen LogP contribution >= 0.6 is 0 Å². The summed E-state index contributed by atoms with van der Waals surface area (Å²) in [6, 6.07) is 24.8. The van der Waals surface area contributed by atoms with Crippen LogP contribution in [-0.4, -0.2) is 19.7 Å². The Labute approximate surface area is 178 Å². The number of rotatable bonds is 4. The highest BCUT2D eigenvalue weighted by atomic mass is 16.4. The van der Waals surface area contributed by atoms with Crippen LogP contribution in [0.25, 0.3) is 40.5 Å². The van der Waals surface area contributed by atoms with Crippen molar-refractivity contribution in [1.82, 2.24) is 19.7 Å². The van der Waals surface area contributed by atoms with Crippen molar-refractivity contribution < 1.29 is 4.42 Å². The predicted octanol–water partition coefficient (Wildman–Crippen LogP) is 4.91. The molecule has 0 aliphatic heterocycles. The summed E-state index contributed by atoms with van der Waals surface area (Å²) in [5.41, 5.74) is 3.29. The molecule has 2 aromatic heterocycles. The van der Waals surface area contributed by atoms with E-state index in [-0.39, 0.29) is 11.6 Å². The fourth-order valence-electron chi connectivity index (χ4n) is 3.30. The van der Waals surface area contributed by atoms with Crippen LogP contribution in [0.2, 0.25) is 0 Å². The molecule has 0 spiro atoms. The monoisotopic (exact) mass is 406 g/mol. The number of benzene rings is 3. The number of hydrogen-bond donors (Lipinski definition) is 0. The van der Waals surface area contributed by atoms with Gasteiger partial charge in [-0.3, -0.25) is 4.79 Å². The van der Waals surface area contributed by atoms with E-state index in [1.807, 2.05) is 79.7 Å². The molecular formula is C25H18N4O2. The van der Waals surface area contributed by atoms with Gasteiger partial charge in [-0.25, -0.2) is 9.55 Å². The van der Waals surface area contributed by atoms with Crippen LogP contribution in [0.5, 0.6) is 0 Å². The summed E-state index contributed by atoms with van der Waals surface area (Å²) in [6.07, 6.45) is 3.69. The van der Waals surface area contributed by atoms with Gasteiger partial charge in [0.2, 0.25) is 5.89 Å². The van der Waals surface area contributed by atoms with Crippen molar-refractivity contribution >= 4 is 23.1 Å². The molecule has 0 N–H and O–H groups in total. The first kappa shape index (κ1) is 18.7. The summed E-state index contributed by atoms with van der Waals surface area (Å²) < 4.78 is 7.21. The quantitative estimate of drug-likeness (QED) is 0.424. The van der Waals surface area contributed by atoms with Gasteiger partial charge in [-0.2, -0.15) is 0 Å². The van der Waals surface area contributed by atoms with E-state index in [2.05, 4.69) is 15.2 Å². The molecule has 6 nitrogen and oxygen atoms in total. The van der Waals surface area contributed by atoms with Gasteiger partial charge in [0.05, 0.1) is 10.9 Å². The van der Waals surface area contributed by atoms with Gasteiger partial charge in [0.15, 0.2) is 0 Å². The molecular weight excluding hydrogens is 388 g/mol. The molecule has 2 heterocycles. The molecule has 150 valence electrons. The van der Waals surface area contributed by atoms with Gasteiger partial charge in [-0.05, 0) is 42.8 Å². The summed E-state index contributed by atoms with van der Waals surface area (Å²) in [7, 11) is 0. The van der Waals surface area contributed by atoms with Crippen LogP contribution in [0, 0.1) is 6.92 Å². The summed E-state index contributed by atoms with van der Waals surface area (Å²) in [5.74, 6) is 0.747.